The SMILES string of the molecule is CC(C)NCC(=O)NCCc1ccc(F)c(F)c1. The van der Waals surface area contributed by atoms with Crippen molar-refractivity contribution in [3.05, 3.63) is 35.4 Å². The number of carbonyl (C=O) groups excluding carboxylic acids is 1. The van der Waals surface area contributed by atoms with Crippen LogP contribution in [0.2, 0.25) is 0 Å². The van der Waals surface area contributed by atoms with Gasteiger partial charge in [-0.05, 0) is 24.1 Å². The van der Waals surface area contributed by atoms with Gasteiger partial charge in [0.1, 0.15) is 0 Å². The van der Waals surface area contributed by atoms with Crippen LogP contribution < -0.4 is 10.6 Å². The van der Waals surface area contributed by atoms with Crippen molar-refractivity contribution < 1.29 is 13.6 Å². The minimum atomic E-state index is -0.861. The number of nitrogens with one attached hydrogen (secondary N) is 2. The quantitative estimate of drug-likeness (QED) is 0.812. The zero-order valence-electron chi connectivity index (χ0n) is 10.6. The molecule has 1 amide bonds. The van der Waals surface area contributed by atoms with Crippen molar-refractivity contribution >= 4 is 5.91 Å². The second-order valence-electron chi connectivity index (χ2n) is 4.38. The molecule has 0 heterocycles. The van der Waals surface area contributed by atoms with E-state index in [1.807, 2.05) is 13.8 Å². The van der Waals surface area contributed by atoms with Gasteiger partial charge in [0.25, 0.3) is 0 Å². The van der Waals surface area contributed by atoms with Crippen molar-refractivity contribution in [3.63, 3.8) is 0 Å². The van der Waals surface area contributed by atoms with E-state index in [-0.39, 0.29) is 18.5 Å². The van der Waals surface area contributed by atoms with Crippen LogP contribution in [0.5, 0.6) is 0 Å². The zero-order valence-corrected chi connectivity index (χ0v) is 10.6. The van der Waals surface area contributed by atoms with Gasteiger partial charge in [0, 0.05) is 12.6 Å². The monoisotopic (exact) mass is 256 g/mol. The lowest BCUT2D eigenvalue weighted by molar-refractivity contribution is -0.120. The standard InChI is InChI=1S/C13H18F2N2O/c1-9(2)17-8-13(18)16-6-5-10-3-4-11(14)12(15)7-10/h3-4,7,9,17H,5-6,8H2,1-2H3,(H,16,18). The van der Waals surface area contributed by atoms with E-state index in [0.29, 0.717) is 18.5 Å². The fourth-order valence-corrected chi connectivity index (χ4v) is 1.40. The normalized spacial score (nSPS) is 10.7. The molecule has 0 saturated carbocycles. The van der Waals surface area contributed by atoms with Gasteiger partial charge in [-0.25, -0.2) is 8.78 Å². The molecule has 5 heteroatoms. The molecule has 18 heavy (non-hydrogen) atoms. The van der Waals surface area contributed by atoms with Gasteiger partial charge < -0.3 is 10.6 Å². The summed E-state index contributed by atoms with van der Waals surface area (Å²) in [4.78, 5) is 11.4. The van der Waals surface area contributed by atoms with Gasteiger partial charge in [-0.1, -0.05) is 19.9 Å². The molecule has 100 valence electrons. The first kappa shape index (κ1) is 14.6. The zero-order chi connectivity index (χ0) is 13.5. The largest absolute Gasteiger partial charge is 0.355 e. The van der Waals surface area contributed by atoms with E-state index in [1.54, 1.807) is 0 Å². The highest BCUT2D eigenvalue weighted by atomic mass is 19.2. The summed E-state index contributed by atoms with van der Waals surface area (Å²) in [5.41, 5.74) is 0.658. The van der Waals surface area contributed by atoms with Crippen molar-refractivity contribution in [1.29, 1.82) is 0 Å². The average molecular weight is 256 g/mol. The molecule has 0 aliphatic heterocycles. The molecule has 1 aromatic carbocycles. The highest BCUT2D eigenvalue weighted by Crippen LogP contribution is 2.08. The summed E-state index contributed by atoms with van der Waals surface area (Å²) < 4.78 is 25.6. The number of amides is 1. The minimum absolute atomic E-state index is 0.105. The van der Waals surface area contributed by atoms with Crippen LogP contribution in [0.1, 0.15) is 19.4 Å². The Kier molecular flexibility index (Phi) is 5.71. The summed E-state index contributed by atoms with van der Waals surface area (Å²) in [6.45, 7) is 4.57. The third-order valence-electron chi connectivity index (χ3n) is 2.39. The van der Waals surface area contributed by atoms with E-state index in [9.17, 15) is 13.6 Å². The van der Waals surface area contributed by atoms with Crippen LogP contribution >= 0.6 is 0 Å². The molecule has 0 atom stereocenters. The van der Waals surface area contributed by atoms with Crippen LogP contribution in [0, 0.1) is 11.6 Å². The molecular weight excluding hydrogens is 238 g/mol. The lowest BCUT2D eigenvalue weighted by Gasteiger charge is -2.09. The number of benzene rings is 1. The van der Waals surface area contributed by atoms with E-state index < -0.39 is 11.6 Å². The van der Waals surface area contributed by atoms with E-state index >= 15 is 0 Å². The lowest BCUT2D eigenvalue weighted by atomic mass is 10.1. The Bertz CT molecular complexity index is 408. The second-order valence-corrected chi connectivity index (χ2v) is 4.38. The Hall–Kier alpha value is -1.49. The predicted molar refractivity (Wildman–Crippen MR) is 66.2 cm³/mol. The molecule has 0 radical (unpaired) electrons. The fourth-order valence-electron chi connectivity index (χ4n) is 1.40. The first-order valence-electron chi connectivity index (χ1n) is 5.93. The summed E-state index contributed by atoms with van der Waals surface area (Å²) in [6, 6.07) is 4.00. The summed E-state index contributed by atoms with van der Waals surface area (Å²) in [7, 11) is 0. The van der Waals surface area contributed by atoms with Gasteiger partial charge in [0.2, 0.25) is 5.91 Å². The average Bonchev–Trinajstić information content (AvgIpc) is 2.31. The molecule has 3 nitrogen and oxygen atoms in total. The summed E-state index contributed by atoms with van der Waals surface area (Å²) >= 11 is 0. The van der Waals surface area contributed by atoms with Crippen molar-refractivity contribution in [1.82, 2.24) is 10.6 Å². The van der Waals surface area contributed by atoms with Crippen LogP contribution in [0.25, 0.3) is 0 Å². The number of halogens is 2. The first-order chi connectivity index (χ1) is 8.49. The number of carbonyl (C=O) groups is 1. The molecule has 1 aromatic rings. The van der Waals surface area contributed by atoms with Crippen LogP contribution in [0.3, 0.4) is 0 Å². The molecule has 0 unspecified atom stereocenters. The molecule has 2 N–H and O–H groups in total. The maximum absolute atomic E-state index is 12.9. The van der Waals surface area contributed by atoms with E-state index in [2.05, 4.69) is 10.6 Å². The van der Waals surface area contributed by atoms with Gasteiger partial charge in [-0.3, -0.25) is 4.79 Å². The van der Waals surface area contributed by atoms with Crippen LogP contribution in [-0.4, -0.2) is 25.0 Å². The Morgan fingerprint density at radius 2 is 2.00 bits per heavy atom. The van der Waals surface area contributed by atoms with Gasteiger partial charge in [-0.2, -0.15) is 0 Å². The topological polar surface area (TPSA) is 41.1 Å². The number of hydrogen-bond donors (Lipinski definition) is 2. The molecule has 0 bridgehead atoms. The summed E-state index contributed by atoms with van der Waals surface area (Å²) in [6.07, 6.45) is 0.477. The molecule has 0 aromatic heterocycles. The second kappa shape index (κ2) is 7.06. The fraction of sp³-hybridized carbons (Fsp3) is 0.462. The minimum Gasteiger partial charge on any atom is -0.355 e. The molecule has 0 aliphatic carbocycles. The third kappa shape index (κ3) is 5.23. The Morgan fingerprint density at radius 3 is 2.61 bits per heavy atom. The Balaban J connectivity index is 2.28. The molecule has 0 aliphatic rings. The van der Waals surface area contributed by atoms with Gasteiger partial charge >= 0.3 is 0 Å². The predicted octanol–water partition coefficient (Wildman–Crippen LogP) is 1.62. The number of rotatable bonds is 6. The van der Waals surface area contributed by atoms with Gasteiger partial charge in [0.05, 0.1) is 6.54 Å². The van der Waals surface area contributed by atoms with Crippen molar-refractivity contribution in [2.24, 2.45) is 0 Å². The molecule has 0 saturated heterocycles. The maximum atomic E-state index is 12.9. The van der Waals surface area contributed by atoms with Crippen LogP contribution in [-0.2, 0) is 11.2 Å². The summed E-state index contributed by atoms with van der Waals surface area (Å²) in [5, 5.41) is 5.69. The third-order valence-corrected chi connectivity index (χ3v) is 2.39. The van der Waals surface area contributed by atoms with Crippen molar-refractivity contribution in [2.75, 3.05) is 13.1 Å². The smallest absolute Gasteiger partial charge is 0.233 e. The Labute approximate surface area is 106 Å². The van der Waals surface area contributed by atoms with Crippen molar-refractivity contribution in [3.8, 4) is 0 Å². The van der Waals surface area contributed by atoms with Crippen LogP contribution in [0.15, 0.2) is 18.2 Å². The van der Waals surface area contributed by atoms with E-state index in [1.165, 1.54) is 6.07 Å². The van der Waals surface area contributed by atoms with Gasteiger partial charge in [0.15, 0.2) is 11.6 Å². The summed E-state index contributed by atoms with van der Waals surface area (Å²) in [5.74, 6) is -1.82. The molecule has 0 fully saturated rings. The molecular formula is C13H18F2N2O. The lowest BCUT2D eigenvalue weighted by Crippen LogP contribution is -2.37. The van der Waals surface area contributed by atoms with Crippen LogP contribution in [0.4, 0.5) is 8.78 Å². The molecule has 1 rings (SSSR count). The van der Waals surface area contributed by atoms with Gasteiger partial charge in [-0.15, -0.1) is 0 Å². The maximum Gasteiger partial charge on any atom is 0.233 e. The van der Waals surface area contributed by atoms with E-state index in [0.717, 1.165) is 12.1 Å². The number of hydrogen-bond acceptors (Lipinski definition) is 2. The first-order valence-corrected chi connectivity index (χ1v) is 5.93. The Morgan fingerprint density at radius 1 is 1.28 bits per heavy atom. The molecule has 0 spiro atoms. The van der Waals surface area contributed by atoms with E-state index in [4.69, 9.17) is 0 Å². The highest BCUT2D eigenvalue weighted by molar-refractivity contribution is 5.77. The highest BCUT2D eigenvalue weighted by Gasteiger charge is 2.04. The van der Waals surface area contributed by atoms with Crippen molar-refractivity contribution in [2.45, 2.75) is 26.3 Å².